The smallest absolute Gasteiger partial charge is 0.268 e. The lowest BCUT2D eigenvalue weighted by Crippen LogP contribution is -2.49. The minimum Gasteiger partial charge on any atom is -0.508 e. The fourth-order valence-electron chi connectivity index (χ4n) is 3.05. The average Bonchev–Trinajstić information content (AvgIpc) is 2.96. The van der Waals surface area contributed by atoms with E-state index >= 15 is 0 Å². The molecule has 0 saturated heterocycles. The molecule has 1 unspecified atom stereocenters. The molecule has 1 atom stereocenters. The fraction of sp³-hybridized carbons (Fsp3) is 0.500. The highest BCUT2D eigenvalue weighted by Crippen LogP contribution is 2.36. The van der Waals surface area contributed by atoms with Crippen LogP contribution in [0.3, 0.4) is 0 Å². The number of nitrogens with zero attached hydrogens (tertiary/aromatic N) is 1. The average molecular weight is 304 g/mol. The highest BCUT2D eigenvalue weighted by Gasteiger charge is 2.33. The van der Waals surface area contributed by atoms with Crippen LogP contribution in [0, 0.1) is 0 Å². The van der Waals surface area contributed by atoms with Crippen molar-refractivity contribution in [2.75, 3.05) is 11.4 Å². The van der Waals surface area contributed by atoms with Crippen molar-refractivity contribution in [3.63, 3.8) is 0 Å². The first-order valence-electron chi connectivity index (χ1n) is 7.65. The van der Waals surface area contributed by atoms with Gasteiger partial charge in [-0.25, -0.2) is 0 Å². The summed E-state index contributed by atoms with van der Waals surface area (Å²) in [7, 11) is 0. The lowest BCUT2D eigenvalue weighted by molar-refractivity contribution is -0.128. The number of rotatable bonds is 3. The predicted octanol–water partition coefficient (Wildman–Crippen LogP) is 1.56. The van der Waals surface area contributed by atoms with E-state index in [9.17, 15) is 14.7 Å². The molecule has 1 aliphatic heterocycles. The zero-order valence-electron chi connectivity index (χ0n) is 12.5. The molecule has 0 bridgehead atoms. The largest absolute Gasteiger partial charge is 0.508 e. The van der Waals surface area contributed by atoms with E-state index in [0.29, 0.717) is 11.4 Å². The Balaban J connectivity index is 1.76. The van der Waals surface area contributed by atoms with Gasteiger partial charge in [0, 0.05) is 12.1 Å². The molecule has 1 heterocycles. The number of fused-ring (bicyclic) bond motifs is 1. The molecule has 22 heavy (non-hydrogen) atoms. The summed E-state index contributed by atoms with van der Waals surface area (Å²) in [5.74, 6) is 0.0737. The van der Waals surface area contributed by atoms with Crippen LogP contribution in [0.15, 0.2) is 18.2 Å². The van der Waals surface area contributed by atoms with Crippen LogP contribution in [-0.2, 0) is 9.59 Å². The van der Waals surface area contributed by atoms with E-state index in [1.54, 1.807) is 13.0 Å². The van der Waals surface area contributed by atoms with Gasteiger partial charge in [-0.1, -0.05) is 12.8 Å². The van der Waals surface area contributed by atoms with Crippen molar-refractivity contribution in [2.45, 2.75) is 44.8 Å². The first kappa shape index (κ1) is 14.7. The molecule has 2 N–H and O–H groups in total. The molecule has 1 aromatic carbocycles. The number of hydrogen-bond acceptors (Lipinski definition) is 4. The minimum absolute atomic E-state index is 0.0270. The lowest BCUT2D eigenvalue weighted by atomic mass is 10.1. The Morgan fingerprint density at radius 3 is 2.86 bits per heavy atom. The number of ether oxygens (including phenoxy) is 1. The molecule has 1 aromatic rings. The molecule has 6 heteroatoms. The Morgan fingerprint density at radius 2 is 2.14 bits per heavy atom. The number of anilines is 1. The quantitative estimate of drug-likeness (QED) is 0.888. The van der Waals surface area contributed by atoms with Gasteiger partial charge in [-0.05, 0) is 31.9 Å². The maximum Gasteiger partial charge on any atom is 0.268 e. The molecule has 3 rings (SSSR count). The van der Waals surface area contributed by atoms with Gasteiger partial charge in [-0.3, -0.25) is 14.5 Å². The molecule has 2 amide bonds. The summed E-state index contributed by atoms with van der Waals surface area (Å²) in [6, 6.07) is 4.76. The molecule has 1 fully saturated rings. The summed E-state index contributed by atoms with van der Waals surface area (Å²) in [4.78, 5) is 25.9. The molecule has 6 nitrogen and oxygen atoms in total. The number of carbonyl (C=O) groups excluding carboxylic acids is 2. The van der Waals surface area contributed by atoms with Gasteiger partial charge in [0.05, 0.1) is 5.69 Å². The number of benzene rings is 1. The SMILES string of the molecule is CC1Oc2cc(O)ccc2N(CC(=O)NC2CCCC2)C1=O. The van der Waals surface area contributed by atoms with Crippen molar-refractivity contribution in [1.29, 1.82) is 0 Å². The maximum atomic E-state index is 12.3. The third-order valence-electron chi connectivity index (χ3n) is 4.17. The van der Waals surface area contributed by atoms with Crippen molar-refractivity contribution in [1.82, 2.24) is 5.32 Å². The Bertz CT molecular complexity index is 596. The van der Waals surface area contributed by atoms with Crippen molar-refractivity contribution >= 4 is 17.5 Å². The number of carbonyl (C=O) groups is 2. The van der Waals surface area contributed by atoms with Crippen LogP contribution in [0.2, 0.25) is 0 Å². The van der Waals surface area contributed by atoms with Crippen LogP contribution < -0.4 is 15.0 Å². The van der Waals surface area contributed by atoms with E-state index in [4.69, 9.17) is 4.74 Å². The monoisotopic (exact) mass is 304 g/mol. The molecule has 1 aliphatic carbocycles. The van der Waals surface area contributed by atoms with Crippen LogP contribution in [-0.4, -0.2) is 35.6 Å². The molecule has 118 valence electrons. The zero-order valence-corrected chi connectivity index (χ0v) is 12.5. The van der Waals surface area contributed by atoms with Gasteiger partial charge in [-0.15, -0.1) is 0 Å². The molecule has 1 saturated carbocycles. The van der Waals surface area contributed by atoms with Gasteiger partial charge in [0.25, 0.3) is 5.91 Å². The first-order valence-corrected chi connectivity index (χ1v) is 7.65. The van der Waals surface area contributed by atoms with E-state index < -0.39 is 6.10 Å². The summed E-state index contributed by atoms with van der Waals surface area (Å²) < 4.78 is 5.49. The van der Waals surface area contributed by atoms with E-state index in [0.717, 1.165) is 25.7 Å². The van der Waals surface area contributed by atoms with Gasteiger partial charge in [0.2, 0.25) is 5.91 Å². The summed E-state index contributed by atoms with van der Waals surface area (Å²) in [6.07, 6.45) is 3.61. The fourth-order valence-corrected chi connectivity index (χ4v) is 3.05. The number of hydrogen-bond donors (Lipinski definition) is 2. The van der Waals surface area contributed by atoms with E-state index in [1.807, 2.05) is 0 Å². The van der Waals surface area contributed by atoms with Crippen LogP contribution in [0.1, 0.15) is 32.6 Å². The van der Waals surface area contributed by atoms with Crippen molar-refractivity contribution < 1.29 is 19.4 Å². The van der Waals surface area contributed by atoms with Crippen molar-refractivity contribution in [2.24, 2.45) is 0 Å². The lowest BCUT2D eigenvalue weighted by Gasteiger charge is -2.32. The topological polar surface area (TPSA) is 78.9 Å². The zero-order chi connectivity index (χ0) is 15.7. The standard InChI is InChI=1S/C16H20N2O4/c1-10-16(21)18(9-15(20)17-11-4-2-3-5-11)13-7-6-12(19)8-14(13)22-10/h6-8,10-11,19H,2-5,9H2,1H3,(H,17,20). The second-order valence-electron chi connectivity index (χ2n) is 5.89. The van der Waals surface area contributed by atoms with Crippen LogP contribution in [0.5, 0.6) is 11.5 Å². The molecule has 0 aromatic heterocycles. The summed E-state index contributed by atoms with van der Waals surface area (Å²) in [5.41, 5.74) is 0.516. The molecule has 2 aliphatic rings. The second-order valence-corrected chi connectivity index (χ2v) is 5.89. The summed E-state index contributed by atoms with van der Waals surface area (Å²) in [6.45, 7) is 1.61. The first-order chi connectivity index (χ1) is 10.5. The maximum absolute atomic E-state index is 12.3. The van der Waals surface area contributed by atoms with Crippen molar-refractivity contribution in [3.8, 4) is 11.5 Å². The van der Waals surface area contributed by atoms with E-state index in [1.165, 1.54) is 17.0 Å². The molecule has 0 radical (unpaired) electrons. The van der Waals surface area contributed by atoms with Crippen LogP contribution in [0.4, 0.5) is 5.69 Å². The predicted molar refractivity (Wildman–Crippen MR) is 80.9 cm³/mol. The molecular formula is C16H20N2O4. The van der Waals surface area contributed by atoms with E-state index in [2.05, 4.69) is 5.32 Å². The van der Waals surface area contributed by atoms with Gasteiger partial charge in [0.15, 0.2) is 6.10 Å². The Morgan fingerprint density at radius 1 is 1.41 bits per heavy atom. The van der Waals surface area contributed by atoms with Gasteiger partial charge in [-0.2, -0.15) is 0 Å². The van der Waals surface area contributed by atoms with Gasteiger partial charge in [0.1, 0.15) is 18.0 Å². The van der Waals surface area contributed by atoms with E-state index in [-0.39, 0.29) is 30.2 Å². The summed E-state index contributed by atoms with van der Waals surface area (Å²) in [5, 5.41) is 12.5. The number of amides is 2. The molecule has 0 spiro atoms. The highest BCUT2D eigenvalue weighted by molar-refractivity contribution is 6.03. The number of phenols is 1. The Hall–Kier alpha value is -2.24. The number of aromatic hydroxyl groups is 1. The van der Waals surface area contributed by atoms with Crippen LogP contribution >= 0.6 is 0 Å². The van der Waals surface area contributed by atoms with Gasteiger partial charge < -0.3 is 15.2 Å². The third-order valence-corrected chi connectivity index (χ3v) is 4.17. The third kappa shape index (κ3) is 2.86. The second kappa shape index (κ2) is 5.87. The normalized spacial score (nSPS) is 21.4. The highest BCUT2D eigenvalue weighted by atomic mass is 16.5. The minimum atomic E-state index is -0.673. The Labute approximate surface area is 129 Å². The van der Waals surface area contributed by atoms with Crippen molar-refractivity contribution in [3.05, 3.63) is 18.2 Å². The number of nitrogens with one attached hydrogen (secondary N) is 1. The van der Waals surface area contributed by atoms with Crippen LogP contribution in [0.25, 0.3) is 0 Å². The summed E-state index contributed by atoms with van der Waals surface area (Å²) >= 11 is 0. The van der Waals surface area contributed by atoms with Gasteiger partial charge >= 0.3 is 0 Å². The number of phenolic OH excluding ortho intramolecular Hbond substituents is 1. The Kier molecular flexibility index (Phi) is 3.92. The molecular weight excluding hydrogens is 284 g/mol.